The van der Waals surface area contributed by atoms with Gasteiger partial charge in [0.05, 0.1) is 11.8 Å². The molecule has 2 aromatic heterocycles. The summed E-state index contributed by atoms with van der Waals surface area (Å²) in [4.78, 5) is 6.83. The second-order valence-corrected chi connectivity index (χ2v) is 8.16. The number of aromatic hydroxyl groups is 1. The number of aryl methyl sites for hydroxylation is 1. The quantitative estimate of drug-likeness (QED) is 0.464. The molecule has 0 spiro atoms. The molecule has 6 heteroatoms. The Bertz CT molecular complexity index is 1220. The first-order chi connectivity index (χ1) is 14.5. The summed E-state index contributed by atoms with van der Waals surface area (Å²) >= 11 is 6.33. The Balaban J connectivity index is 1.68. The zero-order chi connectivity index (χ0) is 20.8. The highest BCUT2D eigenvalue weighted by Crippen LogP contribution is 2.38. The minimum absolute atomic E-state index is 0.124. The molecule has 1 aliphatic heterocycles. The first-order valence-corrected chi connectivity index (χ1v) is 10.3. The number of para-hydroxylation sites is 1. The van der Waals surface area contributed by atoms with E-state index < -0.39 is 0 Å². The molecule has 2 N–H and O–H groups in total. The molecular formula is C24H21ClN2O3. The molecule has 0 aliphatic carbocycles. The summed E-state index contributed by atoms with van der Waals surface area (Å²) < 4.78 is 6.07. The van der Waals surface area contributed by atoms with E-state index in [0.717, 1.165) is 40.2 Å². The molecule has 3 heterocycles. The number of halogens is 1. The van der Waals surface area contributed by atoms with Crippen molar-refractivity contribution in [2.75, 3.05) is 18.0 Å². The van der Waals surface area contributed by atoms with E-state index in [0.29, 0.717) is 29.2 Å². The summed E-state index contributed by atoms with van der Waals surface area (Å²) in [5.41, 5.74) is 3.62. The van der Waals surface area contributed by atoms with Crippen LogP contribution in [-0.4, -0.2) is 34.4 Å². The molecule has 4 aromatic rings. The number of aromatic nitrogens is 1. The van der Waals surface area contributed by atoms with Crippen LogP contribution < -0.4 is 4.90 Å². The van der Waals surface area contributed by atoms with Crippen molar-refractivity contribution in [2.45, 2.75) is 19.4 Å². The monoisotopic (exact) mass is 420 g/mol. The van der Waals surface area contributed by atoms with Crippen LogP contribution in [0.3, 0.4) is 0 Å². The second-order valence-electron chi connectivity index (χ2n) is 7.75. The van der Waals surface area contributed by atoms with Crippen molar-refractivity contribution >= 4 is 28.4 Å². The Hall–Kier alpha value is -3.02. The number of aliphatic hydroxyl groups is 1. The zero-order valence-electron chi connectivity index (χ0n) is 16.5. The van der Waals surface area contributed by atoms with Crippen molar-refractivity contribution in [3.8, 4) is 28.3 Å². The fourth-order valence-corrected chi connectivity index (χ4v) is 4.07. The highest BCUT2D eigenvalue weighted by Gasteiger charge is 2.23. The lowest BCUT2D eigenvalue weighted by molar-refractivity contribution is 0.198. The van der Waals surface area contributed by atoms with Crippen LogP contribution in [0.4, 0.5) is 5.82 Å². The number of phenols is 1. The van der Waals surface area contributed by atoms with Gasteiger partial charge in [-0.25, -0.2) is 4.98 Å². The summed E-state index contributed by atoms with van der Waals surface area (Å²) in [6.07, 6.45) is 0.334. The van der Waals surface area contributed by atoms with Gasteiger partial charge in [-0.2, -0.15) is 0 Å². The molecule has 5 nitrogen and oxygen atoms in total. The van der Waals surface area contributed by atoms with Gasteiger partial charge >= 0.3 is 0 Å². The number of rotatable bonds is 3. The lowest BCUT2D eigenvalue weighted by Gasteiger charge is -2.19. The Labute approximate surface area is 179 Å². The normalized spacial score (nSPS) is 16.5. The first kappa shape index (κ1) is 19.0. The molecular weight excluding hydrogens is 400 g/mol. The maximum atomic E-state index is 10.6. The SMILES string of the molecule is Cc1cc(O)c(-c2cc(-c3cc4ccccc4o3)cc(N3CCC(O)C3)n2)cc1Cl. The van der Waals surface area contributed by atoms with E-state index in [1.807, 2.05) is 54.3 Å². The van der Waals surface area contributed by atoms with E-state index in [9.17, 15) is 10.2 Å². The van der Waals surface area contributed by atoms with E-state index >= 15 is 0 Å². The standard InChI is InChI=1S/C24H21ClN2O3/c1-14-8-21(29)18(12-19(14)25)20-9-16(11-24(26-20)27-7-6-17(28)13-27)23-10-15-4-2-3-5-22(15)30-23/h2-5,8-12,17,28-29H,6-7,13H2,1H3. The number of anilines is 1. The Morgan fingerprint density at radius 2 is 1.97 bits per heavy atom. The average molecular weight is 421 g/mol. The number of benzene rings is 2. The van der Waals surface area contributed by atoms with Crippen LogP contribution in [0.5, 0.6) is 5.75 Å². The summed E-state index contributed by atoms with van der Waals surface area (Å²) in [7, 11) is 0. The minimum Gasteiger partial charge on any atom is -0.507 e. The molecule has 0 radical (unpaired) electrons. The van der Waals surface area contributed by atoms with E-state index in [1.54, 1.807) is 12.1 Å². The van der Waals surface area contributed by atoms with Crippen LogP contribution in [0, 0.1) is 6.92 Å². The van der Waals surface area contributed by atoms with E-state index in [1.165, 1.54) is 0 Å². The maximum Gasteiger partial charge on any atom is 0.135 e. The number of furan rings is 1. The Morgan fingerprint density at radius 1 is 1.13 bits per heavy atom. The molecule has 1 fully saturated rings. The van der Waals surface area contributed by atoms with Gasteiger partial charge in [-0.15, -0.1) is 0 Å². The van der Waals surface area contributed by atoms with Gasteiger partial charge in [-0.05, 0) is 55.3 Å². The topological polar surface area (TPSA) is 69.7 Å². The number of β-amino-alcohol motifs (C(OH)–C–C–N with tert-alkyl or cyclic N) is 1. The molecule has 1 saturated heterocycles. The third kappa shape index (κ3) is 3.40. The molecule has 0 amide bonds. The molecule has 0 bridgehead atoms. The Morgan fingerprint density at radius 3 is 2.73 bits per heavy atom. The van der Waals surface area contributed by atoms with E-state index in [4.69, 9.17) is 21.0 Å². The van der Waals surface area contributed by atoms with Gasteiger partial charge in [0.2, 0.25) is 0 Å². The molecule has 30 heavy (non-hydrogen) atoms. The number of hydrogen-bond acceptors (Lipinski definition) is 5. The predicted molar refractivity (Wildman–Crippen MR) is 119 cm³/mol. The highest BCUT2D eigenvalue weighted by atomic mass is 35.5. The van der Waals surface area contributed by atoms with Gasteiger partial charge in [-0.3, -0.25) is 0 Å². The van der Waals surface area contributed by atoms with Crippen LogP contribution in [0.15, 0.2) is 59.0 Å². The van der Waals surface area contributed by atoms with Crippen molar-refractivity contribution in [3.63, 3.8) is 0 Å². The third-order valence-corrected chi connectivity index (χ3v) is 5.97. The van der Waals surface area contributed by atoms with Crippen LogP contribution in [-0.2, 0) is 0 Å². The molecule has 0 saturated carbocycles. The molecule has 1 atom stereocenters. The number of fused-ring (bicyclic) bond motifs is 1. The van der Waals surface area contributed by atoms with Crippen molar-refractivity contribution in [2.24, 2.45) is 0 Å². The van der Waals surface area contributed by atoms with Crippen molar-refractivity contribution in [1.82, 2.24) is 4.98 Å². The zero-order valence-corrected chi connectivity index (χ0v) is 17.2. The number of nitrogens with zero attached hydrogens (tertiary/aromatic N) is 2. The van der Waals surface area contributed by atoms with Gasteiger partial charge in [0.1, 0.15) is 22.9 Å². The molecule has 5 rings (SSSR count). The fraction of sp³-hybridized carbons (Fsp3) is 0.208. The number of phenolic OH excluding ortho intramolecular Hbond substituents is 1. The average Bonchev–Trinajstić information content (AvgIpc) is 3.36. The smallest absolute Gasteiger partial charge is 0.135 e. The lowest BCUT2D eigenvalue weighted by Crippen LogP contribution is -2.22. The van der Waals surface area contributed by atoms with E-state index in [2.05, 4.69) is 0 Å². The fourth-order valence-electron chi connectivity index (χ4n) is 3.90. The number of aliphatic hydroxyl groups excluding tert-OH is 1. The van der Waals surface area contributed by atoms with Crippen LogP contribution in [0.1, 0.15) is 12.0 Å². The largest absolute Gasteiger partial charge is 0.507 e. The van der Waals surface area contributed by atoms with Gasteiger partial charge in [0.15, 0.2) is 0 Å². The van der Waals surface area contributed by atoms with Crippen LogP contribution >= 0.6 is 11.6 Å². The van der Waals surface area contributed by atoms with Gasteiger partial charge in [0, 0.05) is 34.6 Å². The maximum absolute atomic E-state index is 10.6. The van der Waals surface area contributed by atoms with Gasteiger partial charge < -0.3 is 19.5 Å². The van der Waals surface area contributed by atoms with Crippen molar-refractivity contribution in [3.05, 3.63) is 65.2 Å². The molecule has 1 unspecified atom stereocenters. The molecule has 152 valence electrons. The summed E-state index contributed by atoms with van der Waals surface area (Å²) in [5.74, 6) is 1.58. The van der Waals surface area contributed by atoms with Gasteiger partial charge in [-0.1, -0.05) is 29.8 Å². The first-order valence-electron chi connectivity index (χ1n) is 9.91. The number of hydrogen-bond donors (Lipinski definition) is 2. The summed E-state index contributed by atoms with van der Waals surface area (Å²) in [6.45, 7) is 3.09. The van der Waals surface area contributed by atoms with Crippen molar-refractivity contribution < 1.29 is 14.6 Å². The third-order valence-electron chi connectivity index (χ3n) is 5.56. The van der Waals surface area contributed by atoms with Crippen LogP contribution in [0.25, 0.3) is 33.6 Å². The van der Waals surface area contributed by atoms with E-state index in [-0.39, 0.29) is 11.9 Å². The number of pyridine rings is 1. The van der Waals surface area contributed by atoms with Crippen molar-refractivity contribution in [1.29, 1.82) is 0 Å². The second kappa shape index (κ2) is 7.35. The summed E-state index contributed by atoms with van der Waals surface area (Å²) in [6, 6.07) is 17.1. The molecule has 1 aliphatic rings. The minimum atomic E-state index is -0.368. The van der Waals surface area contributed by atoms with Gasteiger partial charge in [0.25, 0.3) is 0 Å². The molecule has 2 aromatic carbocycles. The lowest BCUT2D eigenvalue weighted by atomic mass is 10.0. The Kier molecular flexibility index (Phi) is 4.65. The summed E-state index contributed by atoms with van der Waals surface area (Å²) in [5, 5.41) is 22.1. The highest BCUT2D eigenvalue weighted by molar-refractivity contribution is 6.31. The van der Waals surface area contributed by atoms with Crippen LogP contribution in [0.2, 0.25) is 5.02 Å². The predicted octanol–water partition coefficient (Wildman–Crippen LogP) is 5.40.